The van der Waals surface area contributed by atoms with Gasteiger partial charge in [0, 0.05) is 53.0 Å². The zero-order chi connectivity index (χ0) is 52.4. The summed E-state index contributed by atoms with van der Waals surface area (Å²) < 4.78 is 7.16. The first-order chi connectivity index (χ1) is 37.4. The van der Waals surface area contributed by atoms with E-state index in [9.17, 15) is 9.59 Å². The normalized spacial score (nSPS) is 12.9. The average molecular weight is 1130 g/mol. The van der Waals surface area contributed by atoms with Crippen molar-refractivity contribution in [2.24, 2.45) is 7.05 Å². The topological polar surface area (TPSA) is 154 Å². The second-order valence-electron chi connectivity index (χ2n) is 20.2. The van der Waals surface area contributed by atoms with Crippen LogP contribution in [0.3, 0.4) is 0 Å². The van der Waals surface area contributed by atoms with Crippen LogP contribution < -0.4 is 29.8 Å². The summed E-state index contributed by atoms with van der Waals surface area (Å²) in [6, 6.07) is 49.6. The predicted molar refractivity (Wildman–Crippen MR) is 304 cm³/mol. The fourth-order valence-electron chi connectivity index (χ4n) is 10.4. The molecule has 0 saturated heterocycles. The molecule has 0 spiro atoms. The Kier molecular flexibility index (Phi) is 14.1. The minimum Gasteiger partial charge on any atom is -0.658 e. The van der Waals surface area contributed by atoms with E-state index in [0.717, 1.165) is 135 Å². The van der Waals surface area contributed by atoms with Crippen LogP contribution in [0.1, 0.15) is 85.7 Å². The zero-order valence-corrected chi connectivity index (χ0v) is 50.0. The number of ether oxygens (including phenoxy) is 1. The number of esters is 1. The van der Waals surface area contributed by atoms with Crippen LogP contribution in [0.5, 0.6) is 0 Å². The molecule has 0 saturated carbocycles. The molecular formula is C65H48N9O3Zn2+. The molecule has 10 heterocycles. The van der Waals surface area contributed by atoms with Crippen LogP contribution in [0.25, 0.3) is 114 Å². The van der Waals surface area contributed by atoms with E-state index in [-0.39, 0.29) is 50.3 Å². The minimum absolute atomic E-state index is 0. The number of hydrogen-bond donors (Lipinski definition) is 1. The Balaban J connectivity index is 0.00000330. The van der Waals surface area contributed by atoms with Gasteiger partial charge in [0.15, 0.2) is 0 Å². The molecule has 9 aromatic rings. The maximum absolute atomic E-state index is 13.8. The zero-order valence-electron chi connectivity index (χ0n) is 44.0. The molecule has 14 heteroatoms. The summed E-state index contributed by atoms with van der Waals surface area (Å²) >= 11 is 0. The van der Waals surface area contributed by atoms with Crippen LogP contribution in [0.15, 0.2) is 152 Å². The van der Waals surface area contributed by atoms with Crippen LogP contribution in [-0.2, 0) is 69.1 Å². The summed E-state index contributed by atoms with van der Waals surface area (Å²) in [5.41, 5.74) is 20.5. The van der Waals surface area contributed by atoms with Crippen molar-refractivity contribution in [3.05, 3.63) is 214 Å². The molecule has 0 radical (unpaired) electrons. The third kappa shape index (κ3) is 10.5. The summed E-state index contributed by atoms with van der Waals surface area (Å²) in [5.74, 6) is -0.600. The summed E-state index contributed by atoms with van der Waals surface area (Å²) in [5, 5.41) is 3.14. The quantitative estimate of drug-likeness (QED) is 0.0926. The summed E-state index contributed by atoms with van der Waals surface area (Å²) in [6.45, 7) is 4.73. The molecule has 16 bridgehead atoms. The van der Waals surface area contributed by atoms with E-state index in [1.165, 1.54) is 7.11 Å². The van der Waals surface area contributed by atoms with Gasteiger partial charge < -0.3 is 30.0 Å². The first-order valence-electron chi connectivity index (χ1n) is 25.4. The molecule has 0 unspecified atom stereocenters. The molecule has 4 aliphatic rings. The van der Waals surface area contributed by atoms with Crippen LogP contribution in [0.4, 0.5) is 0 Å². The van der Waals surface area contributed by atoms with E-state index < -0.39 is 5.97 Å². The van der Waals surface area contributed by atoms with Crippen molar-refractivity contribution >= 4 is 92.5 Å². The van der Waals surface area contributed by atoms with E-state index in [2.05, 4.69) is 72.3 Å². The van der Waals surface area contributed by atoms with E-state index in [0.29, 0.717) is 17.7 Å². The first-order valence-corrected chi connectivity index (χ1v) is 25.4. The number of carbonyl (C=O) groups excluding carboxylic acids is 2. The van der Waals surface area contributed by atoms with Crippen molar-refractivity contribution in [3.63, 3.8) is 0 Å². The van der Waals surface area contributed by atoms with Crippen molar-refractivity contribution in [1.29, 1.82) is 0 Å². The molecule has 79 heavy (non-hydrogen) atoms. The molecule has 374 valence electrons. The number of nitrogens with one attached hydrogen (secondary N) is 1. The molecule has 0 aliphatic carbocycles. The Morgan fingerprint density at radius 1 is 0.557 bits per heavy atom. The number of fused-ring (bicyclic) bond motifs is 16. The fraction of sp³-hybridized carbons (Fsp3) is 0.108. The SMILES string of the molecule is COC(=O)c1ccc(-c2c3nc(cc4ccc(cc5nc(cc6[n-]c2cc6-c2ccc(CNC(=O)c6ccc(-c7c8[n+](C)c(cc9ccc(cc%10nc(cc%11ccc7[n-]%11)C=C%10)[n-]9)C=C8)cc6)cc2)CC5(C)C)[n-]4)C=C3)cc1.[Zn+2].[Zn+2]. The monoisotopic (exact) mass is 1130 g/mol. The number of methoxy groups -OCH3 is 1. The Bertz CT molecular complexity index is 4370. The van der Waals surface area contributed by atoms with Crippen molar-refractivity contribution in [1.82, 2.24) is 40.2 Å². The smallest absolute Gasteiger partial charge is 0.658 e. The van der Waals surface area contributed by atoms with E-state index >= 15 is 0 Å². The van der Waals surface area contributed by atoms with Gasteiger partial charge in [0.2, 0.25) is 11.4 Å². The predicted octanol–water partition coefficient (Wildman–Crippen LogP) is 11.6. The maximum atomic E-state index is 13.8. The van der Waals surface area contributed by atoms with Crippen LogP contribution >= 0.6 is 0 Å². The van der Waals surface area contributed by atoms with Crippen LogP contribution in [-0.4, -0.2) is 33.9 Å². The van der Waals surface area contributed by atoms with Crippen molar-refractivity contribution in [3.8, 4) is 33.4 Å². The van der Waals surface area contributed by atoms with Gasteiger partial charge in [0.05, 0.1) is 35.4 Å². The van der Waals surface area contributed by atoms with E-state index in [1.807, 2.05) is 134 Å². The van der Waals surface area contributed by atoms with Gasteiger partial charge in [-0.25, -0.2) is 14.8 Å². The van der Waals surface area contributed by atoms with Crippen molar-refractivity contribution in [2.75, 3.05) is 7.11 Å². The molecule has 0 fully saturated rings. The number of nitrogens with zero attached hydrogens (tertiary/aromatic N) is 8. The standard InChI is InChI=1S/C65H49N9O3.2Zn/c1-65(2)36-52-33-57-54(35-58(73-57)61(40-11-15-43(16-12-40)64(76)77-4)55-26-23-48(70-55)31-47-20-22-51(69-47)34-60(65)72-52)39-7-5-38(6-8-39)37-66-63(75)42-13-9-41(10-14-42)62-56-27-24-49(71-56)30-46-18-17-44(67-46)29-45-19-21-50(68-45)32-53-25-28-59(62)74(53)3;;/h5-35H,36-37H2,1-4H3,(H2-2,66,67,68,69,70,71,72,73,75,76);;/q-2;2*+2/p-1. The van der Waals surface area contributed by atoms with Gasteiger partial charge in [-0.1, -0.05) is 135 Å². The Morgan fingerprint density at radius 3 is 1.82 bits per heavy atom. The van der Waals surface area contributed by atoms with E-state index in [4.69, 9.17) is 39.6 Å². The fourth-order valence-corrected chi connectivity index (χ4v) is 10.4. The molecule has 6 aromatic heterocycles. The van der Waals surface area contributed by atoms with Crippen LogP contribution in [0.2, 0.25) is 0 Å². The Labute approximate surface area is 481 Å². The number of amides is 1. The van der Waals surface area contributed by atoms with Gasteiger partial charge in [0.25, 0.3) is 5.91 Å². The van der Waals surface area contributed by atoms with Crippen molar-refractivity contribution < 1.29 is 57.8 Å². The van der Waals surface area contributed by atoms with Gasteiger partial charge >= 0.3 is 44.9 Å². The average Bonchev–Trinajstić information content (AvgIpc) is 4.48. The number of rotatable bonds is 7. The molecule has 12 nitrogen and oxygen atoms in total. The third-order valence-electron chi connectivity index (χ3n) is 14.5. The molecular weight excluding hydrogens is 1090 g/mol. The number of benzene rings is 3. The number of aromatic nitrogens is 8. The maximum Gasteiger partial charge on any atom is 2.00 e. The number of hydrogen-bond acceptors (Lipinski definition) is 6. The molecule has 1 N–H and O–H groups in total. The van der Waals surface area contributed by atoms with Gasteiger partial charge in [-0.15, -0.1) is 44.1 Å². The van der Waals surface area contributed by atoms with Crippen molar-refractivity contribution in [2.45, 2.75) is 32.2 Å². The summed E-state index contributed by atoms with van der Waals surface area (Å²) in [7, 11) is 3.42. The second-order valence-corrected chi connectivity index (χ2v) is 20.2. The second kappa shape index (κ2) is 21.3. The van der Waals surface area contributed by atoms with E-state index in [1.54, 1.807) is 12.1 Å². The van der Waals surface area contributed by atoms with Gasteiger partial charge in [-0.3, -0.25) is 9.78 Å². The summed E-state index contributed by atoms with van der Waals surface area (Å²) in [4.78, 5) is 61.5. The molecule has 1 amide bonds. The minimum atomic E-state index is -0.413. The number of carbonyl (C=O) groups is 2. The van der Waals surface area contributed by atoms with Crippen LogP contribution in [0, 0.1) is 0 Å². The molecule has 13 rings (SSSR count). The molecule has 3 aromatic carbocycles. The Hall–Kier alpha value is -8.69. The first kappa shape index (κ1) is 52.4. The molecule has 0 atom stereocenters. The van der Waals surface area contributed by atoms with Gasteiger partial charge in [-0.2, -0.15) is 4.57 Å². The third-order valence-corrected chi connectivity index (χ3v) is 14.5. The van der Waals surface area contributed by atoms with Gasteiger partial charge in [0.1, 0.15) is 7.05 Å². The largest absolute Gasteiger partial charge is 2.00 e. The summed E-state index contributed by atoms with van der Waals surface area (Å²) in [6.07, 6.45) is 12.9. The van der Waals surface area contributed by atoms with Gasteiger partial charge in [-0.05, 0) is 88.0 Å². The Morgan fingerprint density at radius 2 is 1.14 bits per heavy atom. The molecule has 4 aliphatic heterocycles.